The Morgan fingerprint density at radius 2 is 1.97 bits per heavy atom. The van der Waals surface area contributed by atoms with Gasteiger partial charge < -0.3 is 24.1 Å². The largest absolute Gasteiger partial charge is 0.481 e. The van der Waals surface area contributed by atoms with Crippen LogP contribution in [0, 0.1) is 11.8 Å². The van der Waals surface area contributed by atoms with E-state index in [1.165, 1.54) is 0 Å². The molecule has 7 nitrogen and oxygen atoms in total. The van der Waals surface area contributed by atoms with E-state index in [0.717, 1.165) is 35.0 Å². The van der Waals surface area contributed by atoms with E-state index < -0.39 is 11.9 Å². The van der Waals surface area contributed by atoms with Gasteiger partial charge in [-0.1, -0.05) is 30.4 Å². The van der Waals surface area contributed by atoms with Gasteiger partial charge in [0.2, 0.25) is 0 Å². The first kappa shape index (κ1) is 23.3. The molecule has 1 fully saturated rings. The number of nitrogens with zero attached hydrogens (tertiary/aromatic N) is 1. The number of hydrogen-bond donors (Lipinski definition) is 1. The van der Waals surface area contributed by atoms with Crippen molar-refractivity contribution >= 4 is 22.9 Å². The van der Waals surface area contributed by atoms with Crippen molar-refractivity contribution in [2.24, 2.45) is 11.8 Å². The van der Waals surface area contributed by atoms with Crippen molar-refractivity contribution in [1.82, 2.24) is 4.98 Å². The predicted octanol–water partition coefficient (Wildman–Crippen LogP) is 4.42. The minimum absolute atomic E-state index is 0.0302. The Labute approximate surface area is 183 Å². The minimum Gasteiger partial charge on any atom is -0.481 e. The van der Waals surface area contributed by atoms with Crippen molar-refractivity contribution in [3.05, 3.63) is 47.7 Å². The van der Waals surface area contributed by atoms with Crippen molar-refractivity contribution in [1.29, 1.82) is 0 Å². The summed E-state index contributed by atoms with van der Waals surface area (Å²) in [5.74, 6) is -1.27. The predicted molar refractivity (Wildman–Crippen MR) is 117 cm³/mol. The summed E-state index contributed by atoms with van der Waals surface area (Å²) >= 11 is 0. The normalized spacial score (nSPS) is 22.7. The average molecular weight is 430 g/mol. The fourth-order valence-electron chi connectivity index (χ4n) is 3.96. The molecule has 1 saturated carbocycles. The summed E-state index contributed by atoms with van der Waals surface area (Å²) in [6.07, 6.45) is 5.86. The standard InChI is InChI=1S/C24H31NO6/c1-16(30-14-28-2)22-11-9-19-7-5-17(12-23(19)25-22)4-6-18-8-10-20(31-15-29-3)13-21(18)24(26)27/h4-7,9,11-12,16,18,20-21H,8,10,13-15H2,1-3H3,(H,26,27)/b6-4+/t16-,18?,20+,21+/m1/s1. The van der Waals surface area contributed by atoms with Crippen LogP contribution < -0.4 is 0 Å². The lowest BCUT2D eigenvalue weighted by atomic mass is 9.77. The number of aromatic nitrogens is 1. The minimum atomic E-state index is -0.782. The summed E-state index contributed by atoms with van der Waals surface area (Å²) in [7, 11) is 3.16. The smallest absolute Gasteiger partial charge is 0.307 e. The molecular weight excluding hydrogens is 398 g/mol. The SMILES string of the molecule is COCO[C@H]1CCC(/C=C/c2ccc3ccc([C@@H](C)OCOC)nc3c2)[C@@H](C(=O)O)C1. The molecule has 1 aliphatic carbocycles. The highest BCUT2D eigenvalue weighted by Gasteiger charge is 2.34. The third kappa shape index (κ3) is 6.33. The van der Waals surface area contributed by atoms with Gasteiger partial charge in [-0.25, -0.2) is 0 Å². The summed E-state index contributed by atoms with van der Waals surface area (Å²) < 4.78 is 21.1. The second-order valence-corrected chi connectivity index (χ2v) is 7.88. The number of methoxy groups -OCH3 is 2. The highest BCUT2D eigenvalue weighted by atomic mass is 16.7. The molecule has 0 saturated heterocycles. The Kier molecular flexibility index (Phi) is 8.54. The lowest BCUT2D eigenvalue weighted by Crippen LogP contribution is -2.34. The van der Waals surface area contributed by atoms with E-state index in [9.17, 15) is 9.90 Å². The molecular formula is C24H31NO6. The molecule has 0 radical (unpaired) electrons. The van der Waals surface area contributed by atoms with E-state index in [2.05, 4.69) is 0 Å². The maximum Gasteiger partial charge on any atom is 0.307 e. The Balaban J connectivity index is 1.73. The number of fused-ring (bicyclic) bond motifs is 1. The third-order valence-corrected chi connectivity index (χ3v) is 5.72. The molecule has 31 heavy (non-hydrogen) atoms. The molecule has 4 atom stereocenters. The van der Waals surface area contributed by atoms with E-state index in [1.54, 1.807) is 14.2 Å². The van der Waals surface area contributed by atoms with Crippen LogP contribution >= 0.6 is 0 Å². The number of pyridine rings is 1. The van der Waals surface area contributed by atoms with Gasteiger partial charge in [0.1, 0.15) is 13.6 Å². The van der Waals surface area contributed by atoms with Gasteiger partial charge in [0.05, 0.1) is 29.3 Å². The number of hydrogen-bond acceptors (Lipinski definition) is 6. The average Bonchev–Trinajstić information content (AvgIpc) is 2.79. The Hall–Kier alpha value is -2.32. The van der Waals surface area contributed by atoms with Gasteiger partial charge in [-0.15, -0.1) is 0 Å². The molecule has 3 rings (SSSR count). The summed E-state index contributed by atoms with van der Waals surface area (Å²) in [5.41, 5.74) is 2.70. The summed E-state index contributed by atoms with van der Waals surface area (Å²) in [4.78, 5) is 16.5. The number of ether oxygens (including phenoxy) is 4. The molecule has 0 spiro atoms. The molecule has 0 aliphatic heterocycles. The molecule has 1 heterocycles. The van der Waals surface area contributed by atoms with Gasteiger partial charge >= 0.3 is 5.97 Å². The van der Waals surface area contributed by atoms with E-state index in [4.69, 9.17) is 23.9 Å². The lowest BCUT2D eigenvalue weighted by molar-refractivity contribution is -0.149. The maximum atomic E-state index is 11.8. The first-order chi connectivity index (χ1) is 15.0. The monoisotopic (exact) mass is 429 g/mol. The third-order valence-electron chi connectivity index (χ3n) is 5.72. The molecule has 1 aromatic heterocycles. The van der Waals surface area contributed by atoms with Gasteiger partial charge in [0, 0.05) is 19.6 Å². The number of carboxylic acid groups (broad SMARTS) is 1. The first-order valence-corrected chi connectivity index (χ1v) is 10.5. The van der Waals surface area contributed by atoms with Crippen LogP contribution in [-0.4, -0.2) is 50.0 Å². The second-order valence-electron chi connectivity index (χ2n) is 7.88. The van der Waals surface area contributed by atoms with Gasteiger partial charge in [-0.2, -0.15) is 0 Å². The molecule has 2 aromatic rings. The zero-order chi connectivity index (χ0) is 22.2. The van der Waals surface area contributed by atoms with Gasteiger partial charge in [0.15, 0.2) is 0 Å². The molecule has 0 amide bonds. The molecule has 168 valence electrons. The molecule has 0 bridgehead atoms. The maximum absolute atomic E-state index is 11.8. The highest BCUT2D eigenvalue weighted by Crippen LogP contribution is 2.33. The Morgan fingerprint density at radius 3 is 2.71 bits per heavy atom. The van der Waals surface area contributed by atoms with Crippen LogP contribution in [0.3, 0.4) is 0 Å². The van der Waals surface area contributed by atoms with E-state index in [-0.39, 0.29) is 31.7 Å². The van der Waals surface area contributed by atoms with Gasteiger partial charge in [0.25, 0.3) is 0 Å². The van der Waals surface area contributed by atoms with Crippen LogP contribution in [0.5, 0.6) is 0 Å². The number of carbonyl (C=O) groups is 1. The zero-order valence-corrected chi connectivity index (χ0v) is 18.3. The Morgan fingerprint density at radius 1 is 1.19 bits per heavy atom. The van der Waals surface area contributed by atoms with Crippen LogP contribution in [0.4, 0.5) is 0 Å². The van der Waals surface area contributed by atoms with E-state index in [1.807, 2.05) is 49.4 Å². The first-order valence-electron chi connectivity index (χ1n) is 10.5. The van der Waals surface area contributed by atoms with Crippen LogP contribution in [0.15, 0.2) is 36.4 Å². The fourth-order valence-corrected chi connectivity index (χ4v) is 3.96. The van der Waals surface area contributed by atoms with Crippen molar-refractivity contribution < 1.29 is 28.8 Å². The van der Waals surface area contributed by atoms with Crippen LogP contribution in [-0.2, 0) is 23.7 Å². The van der Waals surface area contributed by atoms with Gasteiger partial charge in [-0.05, 0) is 49.8 Å². The summed E-state index contributed by atoms with van der Waals surface area (Å²) in [5, 5.41) is 10.7. The van der Waals surface area contributed by atoms with Crippen molar-refractivity contribution in [2.45, 2.75) is 38.4 Å². The topological polar surface area (TPSA) is 87.1 Å². The lowest BCUT2D eigenvalue weighted by Gasteiger charge is -2.32. The van der Waals surface area contributed by atoms with Crippen molar-refractivity contribution in [3.8, 4) is 0 Å². The second kappa shape index (κ2) is 11.3. The Bertz CT molecular complexity index is 899. The number of allylic oxidation sites excluding steroid dienone is 1. The van der Waals surface area contributed by atoms with Crippen LogP contribution in [0.1, 0.15) is 43.5 Å². The summed E-state index contributed by atoms with van der Waals surface area (Å²) in [6.45, 7) is 2.35. The number of aliphatic carboxylic acids is 1. The molecule has 1 aliphatic rings. The number of benzene rings is 1. The van der Waals surface area contributed by atoms with E-state index >= 15 is 0 Å². The molecule has 1 aromatic carbocycles. The fraction of sp³-hybridized carbons (Fsp3) is 0.500. The van der Waals surface area contributed by atoms with Crippen molar-refractivity contribution in [2.75, 3.05) is 27.8 Å². The van der Waals surface area contributed by atoms with Crippen LogP contribution in [0.25, 0.3) is 17.0 Å². The zero-order valence-electron chi connectivity index (χ0n) is 18.3. The highest BCUT2D eigenvalue weighted by molar-refractivity contribution is 5.81. The summed E-state index contributed by atoms with van der Waals surface area (Å²) in [6, 6.07) is 10.0. The van der Waals surface area contributed by atoms with Crippen LogP contribution in [0.2, 0.25) is 0 Å². The molecule has 1 unspecified atom stereocenters. The van der Waals surface area contributed by atoms with Crippen molar-refractivity contribution in [3.63, 3.8) is 0 Å². The quantitative estimate of drug-likeness (QED) is 0.560. The number of carboxylic acids is 1. The number of rotatable bonds is 10. The molecule has 1 N–H and O–H groups in total. The van der Waals surface area contributed by atoms with Gasteiger partial charge in [-0.3, -0.25) is 9.78 Å². The van der Waals surface area contributed by atoms with E-state index in [0.29, 0.717) is 6.42 Å². The molecule has 7 heteroatoms.